The molecule has 0 bridgehead atoms. The third kappa shape index (κ3) is 3.32. The van der Waals surface area contributed by atoms with Crippen LogP contribution in [0.1, 0.15) is 18.5 Å². The molecule has 1 fully saturated rings. The van der Waals surface area contributed by atoms with E-state index in [1.165, 1.54) is 0 Å². The molecule has 0 spiro atoms. The molecule has 0 radical (unpaired) electrons. The fraction of sp³-hybridized carbons (Fsp3) is 0.636. The predicted octanol–water partition coefficient (Wildman–Crippen LogP) is 2.00. The predicted molar refractivity (Wildman–Crippen MR) is 61.2 cm³/mol. The Morgan fingerprint density at radius 2 is 2.22 bits per heavy atom. The molecule has 1 atom stereocenters. The van der Waals surface area contributed by atoms with E-state index in [1.54, 1.807) is 0 Å². The standard InChI is InChI=1S/C11H15F3N4/c1-18-6-2-3-8(7-18)16-10-15-5-4-9(17-10)11(12,13)14/h4-5,8H,2-3,6-7H2,1H3,(H,15,16,17). The summed E-state index contributed by atoms with van der Waals surface area (Å²) in [4.78, 5) is 9.46. The van der Waals surface area contributed by atoms with E-state index in [4.69, 9.17) is 0 Å². The van der Waals surface area contributed by atoms with E-state index < -0.39 is 11.9 Å². The summed E-state index contributed by atoms with van der Waals surface area (Å²) in [6, 6.07) is 0.977. The monoisotopic (exact) mass is 260 g/mol. The van der Waals surface area contributed by atoms with Gasteiger partial charge in [-0.05, 0) is 32.5 Å². The lowest BCUT2D eigenvalue weighted by atomic mass is 10.1. The number of rotatable bonds is 2. The van der Waals surface area contributed by atoms with Crippen molar-refractivity contribution in [3.05, 3.63) is 18.0 Å². The molecule has 1 N–H and O–H groups in total. The van der Waals surface area contributed by atoms with Crippen LogP contribution >= 0.6 is 0 Å². The number of likely N-dealkylation sites (N-methyl/N-ethyl adjacent to an activating group) is 1. The van der Waals surface area contributed by atoms with Gasteiger partial charge in [-0.3, -0.25) is 0 Å². The fourth-order valence-corrected chi connectivity index (χ4v) is 2.05. The minimum atomic E-state index is -4.43. The van der Waals surface area contributed by atoms with Crippen molar-refractivity contribution in [3.63, 3.8) is 0 Å². The summed E-state index contributed by atoms with van der Waals surface area (Å²) in [5.41, 5.74) is -0.913. The highest BCUT2D eigenvalue weighted by Crippen LogP contribution is 2.27. The number of piperidine rings is 1. The lowest BCUT2D eigenvalue weighted by molar-refractivity contribution is -0.141. The van der Waals surface area contributed by atoms with Crippen LogP contribution in [0, 0.1) is 0 Å². The van der Waals surface area contributed by atoms with E-state index >= 15 is 0 Å². The normalized spacial score (nSPS) is 21.9. The molecular weight excluding hydrogens is 245 g/mol. The van der Waals surface area contributed by atoms with Crippen LogP contribution in [-0.2, 0) is 6.18 Å². The fourth-order valence-electron chi connectivity index (χ4n) is 2.05. The van der Waals surface area contributed by atoms with Crippen LogP contribution in [0.25, 0.3) is 0 Å². The SMILES string of the molecule is CN1CCCC(Nc2nccc(C(F)(F)F)n2)C1. The molecule has 2 heterocycles. The summed E-state index contributed by atoms with van der Waals surface area (Å²) in [5, 5.41) is 2.96. The van der Waals surface area contributed by atoms with Gasteiger partial charge in [-0.15, -0.1) is 0 Å². The van der Waals surface area contributed by atoms with Crippen LogP contribution in [0.4, 0.5) is 19.1 Å². The van der Waals surface area contributed by atoms with Crippen LogP contribution < -0.4 is 5.32 Å². The second kappa shape index (κ2) is 5.09. The Kier molecular flexibility index (Phi) is 3.70. The van der Waals surface area contributed by atoms with Gasteiger partial charge in [0.25, 0.3) is 0 Å². The third-order valence-corrected chi connectivity index (χ3v) is 2.90. The van der Waals surface area contributed by atoms with Gasteiger partial charge in [0.2, 0.25) is 5.95 Å². The Morgan fingerprint density at radius 3 is 2.89 bits per heavy atom. The van der Waals surface area contributed by atoms with Gasteiger partial charge >= 0.3 is 6.18 Å². The molecule has 100 valence electrons. The third-order valence-electron chi connectivity index (χ3n) is 2.90. The molecule has 1 aromatic rings. The van der Waals surface area contributed by atoms with Crippen molar-refractivity contribution < 1.29 is 13.2 Å². The summed E-state index contributed by atoms with van der Waals surface area (Å²) >= 11 is 0. The van der Waals surface area contributed by atoms with Crippen LogP contribution in [0.2, 0.25) is 0 Å². The van der Waals surface area contributed by atoms with E-state index in [2.05, 4.69) is 20.2 Å². The van der Waals surface area contributed by atoms with Gasteiger partial charge in [-0.1, -0.05) is 0 Å². The Bertz CT molecular complexity index is 408. The molecule has 7 heteroatoms. The first-order valence-corrected chi connectivity index (χ1v) is 5.80. The minimum absolute atomic E-state index is 0.0464. The largest absolute Gasteiger partial charge is 0.433 e. The van der Waals surface area contributed by atoms with Crippen molar-refractivity contribution in [1.82, 2.24) is 14.9 Å². The van der Waals surface area contributed by atoms with Crippen molar-refractivity contribution >= 4 is 5.95 Å². The zero-order valence-corrected chi connectivity index (χ0v) is 10.0. The van der Waals surface area contributed by atoms with Crippen molar-refractivity contribution in [3.8, 4) is 0 Å². The van der Waals surface area contributed by atoms with Crippen molar-refractivity contribution in [1.29, 1.82) is 0 Å². The van der Waals surface area contributed by atoms with Crippen molar-refractivity contribution in [2.75, 3.05) is 25.5 Å². The van der Waals surface area contributed by atoms with Gasteiger partial charge < -0.3 is 10.2 Å². The van der Waals surface area contributed by atoms with Crippen LogP contribution in [0.15, 0.2) is 12.3 Å². The van der Waals surface area contributed by atoms with Crippen LogP contribution in [0.3, 0.4) is 0 Å². The van der Waals surface area contributed by atoms with Gasteiger partial charge in [0.15, 0.2) is 0 Å². The smallest absolute Gasteiger partial charge is 0.350 e. The van der Waals surface area contributed by atoms with E-state index in [0.29, 0.717) is 0 Å². The molecular formula is C11H15F3N4. The van der Waals surface area contributed by atoms with E-state index in [0.717, 1.165) is 38.2 Å². The number of aromatic nitrogens is 2. The van der Waals surface area contributed by atoms with Crippen molar-refractivity contribution in [2.24, 2.45) is 0 Å². The number of nitrogens with zero attached hydrogens (tertiary/aromatic N) is 3. The first-order chi connectivity index (χ1) is 8.45. The maximum atomic E-state index is 12.5. The summed E-state index contributed by atoms with van der Waals surface area (Å²) in [6.07, 6.45) is -1.36. The summed E-state index contributed by atoms with van der Waals surface area (Å²) in [5.74, 6) is 0.0464. The molecule has 4 nitrogen and oxygen atoms in total. The quantitative estimate of drug-likeness (QED) is 0.883. The zero-order valence-electron chi connectivity index (χ0n) is 10.0. The lowest BCUT2D eigenvalue weighted by Crippen LogP contribution is -2.40. The molecule has 2 rings (SSSR count). The highest BCUT2D eigenvalue weighted by atomic mass is 19.4. The number of halogens is 3. The van der Waals surface area contributed by atoms with Crippen molar-refractivity contribution in [2.45, 2.75) is 25.1 Å². The maximum Gasteiger partial charge on any atom is 0.433 e. The Morgan fingerprint density at radius 1 is 1.44 bits per heavy atom. The molecule has 1 aromatic heterocycles. The number of hydrogen-bond acceptors (Lipinski definition) is 4. The highest BCUT2D eigenvalue weighted by molar-refractivity contribution is 5.28. The average molecular weight is 260 g/mol. The second-order valence-corrected chi connectivity index (χ2v) is 4.51. The minimum Gasteiger partial charge on any atom is -0.350 e. The number of anilines is 1. The number of nitrogens with one attached hydrogen (secondary N) is 1. The summed E-state index contributed by atoms with van der Waals surface area (Å²) < 4.78 is 37.4. The van der Waals surface area contributed by atoms with Gasteiger partial charge in [-0.25, -0.2) is 9.97 Å². The number of likely N-dealkylation sites (tertiary alicyclic amines) is 1. The zero-order chi connectivity index (χ0) is 13.2. The summed E-state index contributed by atoms with van der Waals surface area (Å²) in [7, 11) is 1.99. The molecule has 1 saturated heterocycles. The summed E-state index contributed by atoms with van der Waals surface area (Å²) in [6.45, 7) is 1.81. The van der Waals surface area contributed by atoms with E-state index in [1.807, 2.05) is 7.05 Å². The van der Waals surface area contributed by atoms with Gasteiger partial charge in [0.05, 0.1) is 0 Å². The molecule has 1 aliphatic heterocycles. The van der Waals surface area contributed by atoms with Gasteiger partial charge in [-0.2, -0.15) is 13.2 Å². The van der Waals surface area contributed by atoms with Gasteiger partial charge in [0, 0.05) is 18.8 Å². The first-order valence-electron chi connectivity index (χ1n) is 5.80. The molecule has 1 aliphatic rings. The van der Waals surface area contributed by atoms with Crippen LogP contribution in [0.5, 0.6) is 0 Å². The Labute approximate surface area is 103 Å². The van der Waals surface area contributed by atoms with E-state index in [9.17, 15) is 13.2 Å². The molecule has 0 saturated carbocycles. The highest BCUT2D eigenvalue weighted by Gasteiger charge is 2.33. The molecule has 1 unspecified atom stereocenters. The molecule has 0 aliphatic carbocycles. The first kappa shape index (κ1) is 13.1. The van der Waals surface area contributed by atoms with E-state index in [-0.39, 0.29) is 12.0 Å². The topological polar surface area (TPSA) is 41.0 Å². The average Bonchev–Trinajstić information content (AvgIpc) is 2.28. The second-order valence-electron chi connectivity index (χ2n) is 4.51. The van der Waals surface area contributed by atoms with Crippen LogP contribution in [-0.4, -0.2) is 41.0 Å². The lowest BCUT2D eigenvalue weighted by Gasteiger charge is -2.30. The van der Waals surface area contributed by atoms with Gasteiger partial charge in [0.1, 0.15) is 5.69 Å². The molecule has 0 amide bonds. The Balaban J connectivity index is 2.05. The maximum absolute atomic E-state index is 12.5. The Hall–Kier alpha value is -1.37. The molecule has 0 aromatic carbocycles. The molecule has 18 heavy (non-hydrogen) atoms. The number of hydrogen-bond donors (Lipinski definition) is 1. The number of alkyl halides is 3.